The molecule has 0 aromatic heterocycles. The predicted molar refractivity (Wildman–Crippen MR) is 97.3 cm³/mol. The molecule has 0 saturated heterocycles. The summed E-state index contributed by atoms with van der Waals surface area (Å²) in [4.78, 5) is 14.3. The number of benzene rings is 2. The van der Waals surface area contributed by atoms with E-state index in [0.29, 0.717) is 11.4 Å². The topological polar surface area (TPSA) is 63.7 Å². The smallest absolute Gasteiger partial charge is 0.265 e. The van der Waals surface area contributed by atoms with Crippen LogP contribution in [0.15, 0.2) is 66.1 Å². The minimum Gasteiger partial charge on any atom is -0.484 e. The Morgan fingerprint density at radius 2 is 1.80 bits per heavy atom. The van der Waals surface area contributed by atoms with Gasteiger partial charge in [0, 0.05) is 11.1 Å². The minimum absolute atomic E-state index is 0.113. The van der Waals surface area contributed by atoms with Crippen LogP contribution in [0.1, 0.15) is 5.56 Å². The van der Waals surface area contributed by atoms with Crippen LogP contribution < -0.4 is 9.64 Å². The summed E-state index contributed by atoms with van der Waals surface area (Å²) < 4.78 is 29.1. The molecule has 0 unspecified atom stereocenters. The Hall–Kier alpha value is -2.60. The molecule has 0 N–H and O–H groups in total. The first kappa shape index (κ1) is 17.2. The molecular formula is C19H19NO4S. The van der Waals surface area contributed by atoms with Gasteiger partial charge in [0.1, 0.15) is 5.75 Å². The van der Waals surface area contributed by atoms with Crippen molar-refractivity contribution in [2.24, 2.45) is 0 Å². The summed E-state index contributed by atoms with van der Waals surface area (Å²) in [5.74, 6) is 0.187. The zero-order valence-corrected chi connectivity index (χ0v) is 14.6. The third kappa shape index (κ3) is 4.28. The number of anilines is 1. The van der Waals surface area contributed by atoms with Crippen molar-refractivity contribution in [1.29, 1.82) is 0 Å². The van der Waals surface area contributed by atoms with Crippen LogP contribution >= 0.6 is 0 Å². The van der Waals surface area contributed by atoms with E-state index in [0.717, 1.165) is 5.56 Å². The maximum absolute atomic E-state index is 12.8. The van der Waals surface area contributed by atoms with Crippen LogP contribution in [0.5, 0.6) is 5.75 Å². The van der Waals surface area contributed by atoms with Crippen LogP contribution in [0.25, 0.3) is 0 Å². The van der Waals surface area contributed by atoms with E-state index in [1.165, 1.54) is 10.3 Å². The maximum atomic E-state index is 12.8. The Bertz CT molecular complexity index is 873. The highest BCUT2D eigenvalue weighted by molar-refractivity contribution is 7.94. The number of hydrogen-bond acceptors (Lipinski definition) is 4. The molecule has 1 heterocycles. The molecule has 0 spiro atoms. The second kappa shape index (κ2) is 7.11. The third-order valence-electron chi connectivity index (χ3n) is 3.93. The van der Waals surface area contributed by atoms with Gasteiger partial charge in [-0.05, 0) is 37.3 Å². The number of para-hydroxylation sites is 1. The molecule has 1 amide bonds. The first-order chi connectivity index (χ1) is 11.9. The summed E-state index contributed by atoms with van der Waals surface area (Å²) in [5.41, 5.74) is 1.71. The number of carbonyl (C=O) groups excluding carboxylic acids is 1. The monoisotopic (exact) mass is 357 g/mol. The number of ether oxygens (including phenoxy) is 1. The molecule has 25 heavy (non-hydrogen) atoms. The number of amides is 1. The van der Waals surface area contributed by atoms with Crippen LogP contribution in [0.3, 0.4) is 0 Å². The highest BCUT2D eigenvalue weighted by Gasteiger charge is 2.31. The van der Waals surface area contributed by atoms with Gasteiger partial charge in [-0.2, -0.15) is 0 Å². The van der Waals surface area contributed by atoms with E-state index in [2.05, 4.69) is 0 Å². The molecule has 1 aliphatic heterocycles. The normalized spacial score (nSPS) is 18.0. The Morgan fingerprint density at radius 1 is 1.12 bits per heavy atom. The second-order valence-corrected chi connectivity index (χ2v) is 7.86. The van der Waals surface area contributed by atoms with E-state index in [4.69, 9.17) is 4.74 Å². The number of rotatable bonds is 5. The van der Waals surface area contributed by atoms with Crippen LogP contribution in [-0.4, -0.2) is 32.7 Å². The molecule has 2 aromatic rings. The quantitative estimate of drug-likeness (QED) is 0.825. The van der Waals surface area contributed by atoms with Gasteiger partial charge in [0.25, 0.3) is 5.91 Å². The average molecular weight is 357 g/mol. The van der Waals surface area contributed by atoms with Gasteiger partial charge >= 0.3 is 0 Å². The lowest BCUT2D eigenvalue weighted by Crippen LogP contribution is -2.43. The molecule has 1 atom stereocenters. The molecule has 0 saturated carbocycles. The molecule has 2 aromatic carbocycles. The van der Waals surface area contributed by atoms with E-state index in [-0.39, 0.29) is 18.3 Å². The van der Waals surface area contributed by atoms with Gasteiger partial charge in [0.15, 0.2) is 16.4 Å². The van der Waals surface area contributed by atoms with Crippen molar-refractivity contribution in [3.63, 3.8) is 0 Å². The molecule has 0 bridgehead atoms. The van der Waals surface area contributed by atoms with Gasteiger partial charge in [-0.15, -0.1) is 0 Å². The van der Waals surface area contributed by atoms with Crippen molar-refractivity contribution in [2.45, 2.75) is 13.0 Å². The van der Waals surface area contributed by atoms with E-state index >= 15 is 0 Å². The van der Waals surface area contributed by atoms with Crippen molar-refractivity contribution >= 4 is 21.4 Å². The summed E-state index contributed by atoms with van der Waals surface area (Å²) in [6.07, 6.45) is 1.55. The first-order valence-electron chi connectivity index (χ1n) is 7.92. The molecule has 3 rings (SSSR count). The van der Waals surface area contributed by atoms with Gasteiger partial charge in [-0.1, -0.05) is 35.9 Å². The number of hydrogen-bond donors (Lipinski definition) is 0. The lowest BCUT2D eigenvalue weighted by atomic mass is 10.1. The fraction of sp³-hybridized carbons (Fsp3) is 0.211. The average Bonchev–Trinajstić information content (AvgIpc) is 2.95. The fourth-order valence-corrected chi connectivity index (χ4v) is 3.95. The summed E-state index contributed by atoms with van der Waals surface area (Å²) in [6, 6.07) is 15.9. The van der Waals surface area contributed by atoms with Crippen LogP contribution in [0.4, 0.5) is 5.69 Å². The van der Waals surface area contributed by atoms with Crippen molar-refractivity contribution in [1.82, 2.24) is 0 Å². The third-order valence-corrected chi connectivity index (χ3v) is 5.31. The highest BCUT2D eigenvalue weighted by atomic mass is 32.2. The van der Waals surface area contributed by atoms with Crippen LogP contribution in [0, 0.1) is 6.92 Å². The van der Waals surface area contributed by atoms with Crippen molar-refractivity contribution in [3.8, 4) is 5.75 Å². The summed E-state index contributed by atoms with van der Waals surface area (Å²) in [6.45, 7) is 1.79. The van der Waals surface area contributed by atoms with Gasteiger partial charge in [-0.3, -0.25) is 4.79 Å². The van der Waals surface area contributed by atoms with Crippen LogP contribution in [0.2, 0.25) is 0 Å². The number of aryl methyl sites for hydroxylation is 1. The van der Waals surface area contributed by atoms with Gasteiger partial charge < -0.3 is 9.64 Å². The van der Waals surface area contributed by atoms with Crippen molar-refractivity contribution in [3.05, 3.63) is 71.6 Å². The Balaban J connectivity index is 1.82. The Morgan fingerprint density at radius 3 is 2.40 bits per heavy atom. The molecule has 0 aliphatic carbocycles. The predicted octanol–water partition coefficient (Wildman–Crippen LogP) is 2.72. The van der Waals surface area contributed by atoms with E-state index < -0.39 is 15.9 Å². The number of carbonyl (C=O) groups is 1. The largest absolute Gasteiger partial charge is 0.484 e. The zero-order chi connectivity index (χ0) is 17.9. The molecule has 6 heteroatoms. The zero-order valence-electron chi connectivity index (χ0n) is 13.8. The molecule has 0 fully saturated rings. The summed E-state index contributed by atoms with van der Waals surface area (Å²) in [5, 5.41) is 1.17. The summed E-state index contributed by atoms with van der Waals surface area (Å²) in [7, 11) is -3.27. The molecule has 130 valence electrons. The number of sulfone groups is 1. The van der Waals surface area contributed by atoms with E-state index in [1.807, 2.05) is 49.4 Å². The number of nitrogens with zero attached hydrogens (tertiary/aromatic N) is 1. The van der Waals surface area contributed by atoms with Crippen molar-refractivity contribution < 1.29 is 17.9 Å². The minimum atomic E-state index is -3.27. The van der Waals surface area contributed by atoms with Gasteiger partial charge in [-0.25, -0.2) is 8.42 Å². The molecule has 0 radical (unpaired) electrons. The molecule has 1 aliphatic rings. The standard InChI is InChI=1S/C19H19NO4S/c1-15-7-9-16(10-8-15)20(17-11-12-25(22,23)14-17)19(21)13-24-18-5-3-2-4-6-18/h2-12,17H,13-14H2,1H3/t17-/m1/s1. The lowest BCUT2D eigenvalue weighted by molar-refractivity contribution is -0.120. The second-order valence-electron chi connectivity index (χ2n) is 5.93. The molecule has 5 nitrogen and oxygen atoms in total. The van der Waals surface area contributed by atoms with Gasteiger partial charge in [0.2, 0.25) is 0 Å². The SMILES string of the molecule is Cc1ccc(N(C(=O)COc2ccccc2)[C@@H]2C=CS(=O)(=O)C2)cc1. The highest BCUT2D eigenvalue weighted by Crippen LogP contribution is 2.23. The van der Waals surface area contributed by atoms with Crippen LogP contribution in [-0.2, 0) is 14.6 Å². The van der Waals surface area contributed by atoms with Crippen molar-refractivity contribution in [2.75, 3.05) is 17.3 Å². The van der Waals surface area contributed by atoms with E-state index in [1.54, 1.807) is 18.2 Å². The Kier molecular flexibility index (Phi) is 4.90. The van der Waals surface area contributed by atoms with Gasteiger partial charge in [0.05, 0.1) is 11.8 Å². The summed E-state index contributed by atoms with van der Waals surface area (Å²) >= 11 is 0. The fourth-order valence-electron chi connectivity index (χ4n) is 2.68. The van der Waals surface area contributed by atoms with E-state index in [9.17, 15) is 13.2 Å². The Labute approximate surface area is 147 Å². The maximum Gasteiger partial charge on any atom is 0.265 e. The molecular weight excluding hydrogens is 338 g/mol. The lowest BCUT2D eigenvalue weighted by Gasteiger charge is -2.27. The first-order valence-corrected chi connectivity index (χ1v) is 9.64.